The molecule has 0 amide bonds. The van der Waals surface area contributed by atoms with Crippen molar-refractivity contribution in [3.63, 3.8) is 0 Å². The summed E-state index contributed by atoms with van der Waals surface area (Å²) in [5.74, 6) is -0.888. The molecule has 0 unspecified atom stereocenters. The Hall–Kier alpha value is -1.31. The average molecular weight is 322 g/mol. The summed E-state index contributed by atoms with van der Waals surface area (Å²) >= 11 is 5.91. The Morgan fingerprint density at radius 2 is 2.10 bits per heavy atom. The first-order chi connectivity index (χ1) is 9.32. The van der Waals surface area contributed by atoms with Crippen molar-refractivity contribution >= 4 is 27.6 Å². The molecule has 0 fully saturated rings. The van der Waals surface area contributed by atoms with Crippen LogP contribution >= 0.6 is 11.6 Å². The first-order valence-electron chi connectivity index (χ1n) is 5.88. The van der Waals surface area contributed by atoms with Crippen LogP contribution in [0.2, 0.25) is 5.02 Å². The number of carbonyl (C=O) groups is 1. The van der Waals surface area contributed by atoms with E-state index in [-0.39, 0.29) is 16.5 Å². The topological polar surface area (TPSA) is 83.9 Å². The molecule has 1 aromatic rings. The highest BCUT2D eigenvalue weighted by molar-refractivity contribution is 7.89. The molecule has 0 saturated heterocycles. The van der Waals surface area contributed by atoms with Gasteiger partial charge < -0.3 is 9.84 Å². The van der Waals surface area contributed by atoms with E-state index in [1.54, 1.807) is 6.92 Å². The van der Waals surface area contributed by atoms with Crippen LogP contribution in [0.1, 0.15) is 13.3 Å². The van der Waals surface area contributed by atoms with Gasteiger partial charge in [0.05, 0.1) is 12.1 Å². The lowest BCUT2D eigenvalue weighted by molar-refractivity contribution is -0.137. The normalized spacial score (nSPS) is 11.6. The molecule has 0 atom stereocenters. The fourth-order valence-corrected chi connectivity index (χ4v) is 3.60. The molecular formula is C12H16ClNO5S. The largest absolute Gasteiger partial charge is 0.497 e. The Balaban J connectivity index is 3.28. The second-order valence-electron chi connectivity index (χ2n) is 4.03. The third-order valence-corrected chi connectivity index (χ3v) is 4.87. The summed E-state index contributed by atoms with van der Waals surface area (Å²) < 4.78 is 30.8. The van der Waals surface area contributed by atoms with Crippen LogP contribution in [0, 0.1) is 0 Å². The Morgan fingerprint density at radius 3 is 2.60 bits per heavy atom. The number of ether oxygens (including phenoxy) is 1. The van der Waals surface area contributed by atoms with Crippen LogP contribution in [0.15, 0.2) is 23.1 Å². The predicted molar refractivity (Wildman–Crippen MR) is 74.7 cm³/mol. The minimum atomic E-state index is -3.98. The molecule has 8 heteroatoms. The number of hydrogen-bond acceptors (Lipinski definition) is 4. The highest BCUT2D eigenvalue weighted by Gasteiger charge is 2.28. The third kappa shape index (κ3) is 3.84. The van der Waals surface area contributed by atoms with E-state index < -0.39 is 22.5 Å². The van der Waals surface area contributed by atoms with Gasteiger partial charge in [-0.2, -0.15) is 4.31 Å². The number of aliphatic carboxylic acids is 1. The van der Waals surface area contributed by atoms with Gasteiger partial charge in [-0.1, -0.05) is 18.5 Å². The molecule has 0 heterocycles. The zero-order valence-corrected chi connectivity index (χ0v) is 12.7. The molecule has 0 aliphatic carbocycles. The SMILES string of the molecule is CCCN(CC(=O)O)S(=O)(=O)c1cc(OC)ccc1Cl. The molecule has 0 radical (unpaired) electrons. The first kappa shape index (κ1) is 16.7. The number of nitrogens with zero attached hydrogens (tertiary/aromatic N) is 1. The van der Waals surface area contributed by atoms with E-state index in [0.29, 0.717) is 12.2 Å². The summed E-state index contributed by atoms with van der Waals surface area (Å²) in [5.41, 5.74) is 0. The molecule has 0 aliphatic heterocycles. The minimum absolute atomic E-state index is 0.0253. The van der Waals surface area contributed by atoms with E-state index >= 15 is 0 Å². The summed E-state index contributed by atoms with van der Waals surface area (Å²) in [6.45, 7) is 1.25. The number of carboxylic acids is 1. The van der Waals surface area contributed by atoms with Crippen LogP contribution in [-0.4, -0.2) is 44.0 Å². The van der Waals surface area contributed by atoms with Gasteiger partial charge in [0.25, 0.3) is 0 Å². The Kier molecular flexibility index (Phi) is 5.79. The Labute approximate surface area is 123 Å². The van der Waals surface area contributed by atoms with E-state index in [1.807, 2.05) is 0 Å². The van der Waals surface area contributed by atoms with Crippen molar-refractivity contribution in [3.8, 4) is 5.75 Å². The summed E-state index contributed by atoms with van der Waals surface area (Å²) in [6.07, 6.45) is 0.494. The molecule has 1 N–H and O–H groups in total. The molecule has 20 heavy (non-hydrogen) atoms. The van der Waals surface area contributed by atoms with Crippen LogP contribution in [0.25, 0.3) is 0 Å². The molecule has 0 bridgehead atoms. The van der Waals surface area contributed by atoms with Gasteiger partial charge in [-0.3, -0.25) is 4.79 Å². The maximum Gasteiger partial charge on any atom is 0.318 e. The summed E-state index contributed by atoms with van der Waals surface area (Å²) in [5, 5.41) is 8.85. The van der Waals surface area contributed by atoms with Crippen LogP contribution < -0.4 is 4.74 Å². The van der Waals surface area contributed by atoms with E-state index in [0.717, 1.165) is 4.31 Å². The van der Waals surface area contributed by atoms with Crippen LogP contribution in [-0.2, 0) is 14.8 Å². The summed E-state index contributed by atoms with van der Waals surface area (Å²) in [4.78, 5) is 10.6. The van der Waals surface area contributed by atoms with Crippen molar-refractivity contribution in [1.29, 1.82) is 0 Å². The number of benzene rings is 1. The molecule has 0 aromatic heterocycles. The van der Waals surface area contributed by atoms with Crippen LogP contribution in [0.5, 0.6) is 5.75 Å². The quantitative estimate of drug-likeness (QED) is 0.828. The van der Waals surface area contributed by atoms with Gasteiger partial charge in [0, 0.05) is 12.6 Å². The van der Waals surface area contributed by atoms with Crippen molar-refractivity contribution in [2.75, 3.05) is 20.2 Å². The predicted octanol–water partition coefficient (Wildman–Crippen LogP) is 1.83. The monoisotopic (exact) mass is 321 g/mol. The maximum atomic E-state index is 12.5. The number of methoxy groups -OCH3 is 1. The van der Waals surface area contributed by atoms with Gasteiger partial charge in [0.15, 0.2) is 0 Å². The molecule has 0 aliphatic rings. The number of hydrogen-bond donors (Lipinski definition) is 1. The van der Waals surface area contributed by atoms with Crippen molar-refractivity contribution in [1.82, 2.24) is 4.31 Å². The fraction of sp³-hybridized carbons (Fsp3) is 0.417. The average Bonchev–Trinajstić information content (AvgIpc) is 2.38. The smallest absolute Gasteiger partial charge is 0.318 e. The molecule has 1 rings (SSSR count). The van der Waals surface area contributed by atoms with Crippen molar-refractivity contribution in [3.05, 3.63) is 23.2 Å². The van der Waals surface area contributed by atoms with E-state index in [1.165, 1.54) is 25.3 Å². The number of rotatable bonds is 7. The minimum Gasteiger partial charge on any atom is -0.497 e. The van der Waals surface area contributed by atoms with E-state index in [4.69, 9.17) is 21.4 Å². The van der Waals surface area contributed by atoms with E-state index in [9.17, 15) is 13.2 Å². The second-order valence-corrected chi connectivity index (χ2v) is 6.34. The van der Waals surface area contributed by atoms with Gasteiger partial charge in [-0.05, 0) is 18.6 Å². The highest BCUT2D eigenvalue weighted by Crippen LogP contribution is 2.28. The van der Waals surface area contributed by atoms with Gasteiger partial charge in [0.1, 0.15) is 17.2 Å². The molecule has 112 valence electrons. The van der Waals surface area contributed by atoms with Crippen molar-refractivity contribution in [2.45, 2.75) is 18.2 Å². The van der Waals surface area contributed by atoms with Gasteiger partial charge in [-0.15, -0.1) is 0 Å². The fourth-order valence-electron chi connectivity index (χ4n) is 1.63. The molecular weight excluding hydrogens is 306 g/mol. The first-order valence-corrected chi connectivity index (χ1v) is 7.70. The van der Waals surface area contributed by atoms with Gasteiger partial charge in [0.2, 0.25) is 10.0 Å². The summed E-state index contributed by atoms with van der Waals surface area (Å²) in [7, 11) is -2.58. The molecule has 0 saturated carbocycles. The lowest BCUT2D eigenvalue weighted by Gasteiger charge is -2.20. The molecule has 1 aromatic carbocycles. The zero-order chi connectivity index (χ0) is 15.3. The summed E-state index contributed by atoms with van der Waals surface area (Å²) in [6, 6.07) is 4.21. The van der Waals surface area contributed by atoms with E-state index in [2.05, 4.69) is 0 Å². The van der Waals surface area contributed by atoms with Crippen molar-refractivity contribution in [2.24, 2.45) is 0 Å². The van der Waals surface area contributed by atoms with Crippen LogP contribution in [0.3, 0.4) is 0 Å². The lowest BCUT2D eigenvalue weighted by Crippen LogP contribution is -2.36. The third-order valence-electron chi connectivity index (χ3n) is 2.54. The maximum absolute atomic E-state index is 12.5. The highest BCUT2D eigenvalue weighted by atomic mass is 35.5. The second kappa shape index (κ2) is 6.92. The molecule has 6 nitrogen and oxygen atoms in total. The standard InChI is InChI=1S/C12H16ClNO5S/c1-3-6-14(8-12(15)16)20(17,18)11-7-9(19-2)4-5-10(11)13/h4-5,7H,3,6,8H2,1-2H3,(H,15,16). The Bertz CT molecular complexity index is 588. The zero-order valence-electron chi connectivity index (χ0n) is 11.2. The van der Waals surface area contributed by atoms with Gasteiger partial charge in [-0.25, -0.2) is 8.42 Å². The number of carboxylic acid groups (broad SMARTS) is 1. The number of sulfonamides is 1. The lowest BCUT2D eigenvalue weighted by atomic mass is 10.3. The number of halogens is 1. The van der Waals surface area contributed by atoms with Crippen LogP contribution in [0.4, 0.5) is 0 Å². The molecule has 0 spiro atoms. The van der Waals surface area contributed by atoms with Gasteiger partial charge >= 0.3 is 5.97 Å². The van der Waals surface area contributed by atoms with Crippen molar-refractivity contribution < 1.29 is 23.1 Å². The Morgan fingerprint density at radius 1 is 1.45 bits per heavy atom.